The van der Waals surface area contributed by atoms with Crippen molar-refractivity contribution in [3.05, 3.63) is 63.7 Å². The van der Waals surface area contributed by atoms with Crippen LogP contribution in [-0.4, -0.2) is 49.6 Å². The molecule has 0 radical (unpaired) electrons. The molecule has 2 amide bonds. The Labute approximate surface area is 194 Å². The van der Waals surface area contributed by atoms with E-state index in [4.69, 9.17) is 14.2 Å². The number of methoxy groups -OCH3 is 2. The lowest BCUT2D eigenvalue weighted by atomic mass is 9.96. The van der Waals surface area contributed by atoms with Crippen molar-refractivity contribution < 1.29 is 33.4 Å². The Balaban J connectivity index is 1.94. The van der Waals surface area contributed by atoms with E-state index < -0.39 is 30.5 Å². The SMILES string of the molecule is COC(=O)c1c(CBr)cc(OC)c(C(=O)OCN2C(=O)c3ccccc3C2=O)c1CBr. The van der Waals surface area contributed by atoms with Crippen LogP contribution in [-0.2, 0) is 20.1 Å². The highest BCUT2D eigenvalue weighted by Crippen LogP contribution is 2.33. The number of ether oxygens (including phenoxy) is 3. The van der Waals surface area contributed by atoms with E-state index in [0.717, 1.165) is 4.90 Å². The van der Waals surface area contributed by atoms with Crippen LogP contribution in [0.15, 0.2) is 30.3 Å². The molecular formula is C21H17Br2NO7. The van der Waals surface area contributed by atoms with E-state index in [1.54, 1.807) is 12.1 Å². The molecule has 0 spiro atoms. The van der Waals surface area contributed by atoms with E-state index in [0.29, 0.717) is 16.5 Å². The highest BCUT2D eigenvalue weighted by Gasteiger charge is 2.36. The molecule has 0 unspecified atom stereocenters. The molecule has 10 heteroatoms. The van der Waals surface area contributed by atoms with Crippen LogP contribution in [0.2, 0.25) is 0 Å². The molecule has 3 rings (SSSR count). The number of nitrogens with zero attached hydrogens (tertiary/aromatic N) is 1. The van der Waals surface area contributed by atoms with Crippen LogP contribution >= 0.6 is 31.9 Å². The second-order valence-corrected chi connectivity index (χ2v) is 7.49. The number of hydrogen-bond donors (Lipinski definition) is 0. The average Bonchev–Trinajstić information content (AvgIpc) is 3.04. The number of alkyl halides is 2. The van der Waals surface area contributed by atoms with Crippen molar-refractivity contribution in [1.82, 2.24) is 4.90 Å². The van der Waals surface area contributed by atoms with Crippen molar-refractivity contribution in [3.8, 4) is 5.75 Å². The van der Waals surface area contributed by atoms with E-state index in [-0.39, 0.29) is 33.3 Å². The highest BCUT2D eigenvalue weighted by atomic mass is 79.9. The van der Waals surface area contributed by atoms with Crippen LogP contribution in [0.4, 0.5) is 0 Å². The molecule has 0 atom stereocenters. The van der Waals surface area contributed by atoms with Gasteiger partial charge in [0.15, 0.2) is 6.73 Å². The molecule has 0 bridgehead atoms. The van der Waals surface area contributed by atoms with Gasteiger partial charge in [-0.1, -0.05) is 44.0 Å². The molecule has 8 nitrogen and oxygen atoms in total. The zero-order valence-corrected chi connectivity index (χ0v) is 19.7. The van der Waals surface area contributed by atoms with Gasteiger partial charge in [-0.15, -0.1) is 0 Å². The normalized spacial score (nSPS) is 12.6. The van der Waals surface area contributed by atoms with E-state index in [1.807, 2.05) is 0 Å². The Morgan fingerprint density at radius 3 is 2.03 bits per heavy atom. The highest BCUT2D eigenvalue weighted by molar-refractivity contribution is 9.08. The number of carbonyl (C=O) groups excluding carboxylic acids is 4. The summed E-state index contributed by atoms with van der Waals surface area (Å²) in [4.78, 5) is 51.2. The minimum absolute atomic E-state index is 0.00100. The van der Waals surface area contributed by atoms with Crippen molar-refractivity contribution >= 4 is 55.6 Å². The third-order valence-corrected chi connectivity index (χ3v) is 5.94. The maximum atomic E-state index is 13.0. The van der Waals surface area contributed by atoms with Gasteiger partial charge in [0.05, 0.1) is 30.9 Å². The third-order valence-electron chi connectivity index (χ3n) is 4.77. The maximum absolute atomic E-state index is 13.0. The molecule has 0 saturated heterocycles. The summed E-state index contributed by atoms with van der Waals surface area (Å²) in [6, 6.07) is 7.89. The predicted octanol–water partition coefficient (Wildman–Crippen LogP) is 3.68. The molecule has 0 fully saturated rings. The van der Waals surface area contributed by atoms with Gasteiger partial charge in [0.2, 0.25) is 0 Å². The first-order valence-corrected chi connectivity index (χ1v) is 11.2. The first-order chi connectivity index (χ1) is 14.9. The van der Waals surface area contributed by atoms with E-state index in [1.165, 1.54) is 32.4 Å². The van der Waals surface area contributed by atoms with Gasteiger partial charge in [-0.2, -0.15) is 0 Å². The van der Waals surface area contributed by atoms with E-state index in [9.17, 15) is 19.2 Å². The fraction of sp³-hybridized carbons (Fsp3) is 0.238. The quantitative estimate of drug-likeness (QED) is 0.292. The lowest BCUT2D eigenvalue weighted by molar-refractivity contribution is 0.0225. The number of hydrogen-bond acceptors (Lipinski definition) is 7. The zero-order chi connectivity index (χ0) is 22.7. The smallest absolute Gasteiger partial charge is 0.344 e. The number of halogens is 2. The largest absolute Gasteiger partial charge is 0.496 e. The van der Waals surface area contributed by atoms with Gasteiger partial charge in [-0.25, -0.2) is 14.5 Å². The molecule has 31 heavy (non-hydrogen) atoms. The van der Waals surface area contributed by atoms with Gasteiger partial charge in [0.25, 0.3) is 11.8 Å². The summed E-state index contributed by atoms with van der Waals surface area (Å²) in [7, 11) is 2.62. The van der Waals surface area contributed by atoms with Gasteiger partial charge in [0, 0.05) is 10.7 Å². The molecule has 2 aromatic rings. The summed E-state index contributed by atoms with van der Waals surface area (Å²) >= 11 is 6.62. The Morgan fingerprint density at radius 2 is 1.55 bits per heavy atom. The van der Waals surface area contributed by atoms with Crippen LogP contribution in [0.5, 0.6) is 5.75 Å². The first kappa shape index (κ1) is 23.0. The molecule has 1 heterocycles. The fourth-order valence-corrected chi connectivity index (χ4v) is 4.30. The van der Waals surface area contributed by atoms with E-state index in [2.05, 4.69) is 31.9 Å². The number of esters is 2. The minimum atomic E-state index is -0.853. The zero-order valence-electron chi connectivity index (χ0n) is 16.6. The molecule has 0 N–H and O–H groups in total. The van der Waals surface area contributed by atoms with Crippen molar-refractivity contribution in [2.75, 3.05) is 21.0 Å². The summed E-state index contributed by atoms with van der Waals surface area (Å²) < 4.78 is 15.5. The molecule has 0 aromatic heterocycles. The summed E-state index contributed by atoms with van der Waals surface area (Å²) in [6.07, 6.45) is 0. The Kier molecular flexibility index (Phi) is 7.11. The van der Waals surface area contributed by atoms with Crippen LogP contribution in [0.1, 0.15) is 52.6 Å². The number of rotatable bonds is 7. The molecule has 1 aliphatic heterocycles. The van der Waals surface area contributed by atoms with Crippen molar-refractivity contribution in [3.63, 3.8) is 0 Å². The lowest BCUT2D eigenvalue weighted by Gasteiger charge is -2.19. The van der Waals surface area contributed by atoms with Crippen molar-refractivity contribution in [2.24, 2.45) is 0 Å². The number of carbonyl (C=O) groups is 4. The molecular weight excluding hydrogens is 538 g/mol. The predicted molar refractivity (Wildman–Crippen MR) is 117 cm³/mol. The van der Waals surface area contributed by atoms with Crippen LogP contribution < -0.4 is 4.74 Å². The standard InChI is InChI=1S/C21H17Br2NO7/c1-29-15-7-11(8-22)16(20(27)30-2)14(9-23)17(15)21(28)31-10-24-18(25)12-5-3-4-6-13(12)19(24)26/h3-7H,8-10H2,1-2H3. The van der Waals surface area contributed by atoms with Crippen LogP contribution in [0.3, 0.4) is 0 Å². The number of benzene rings is 2. The second-order valence-electron chi connectivity index (χ2n) is 6.37. The molecule has 1 aliphatic rings. The summed E-state index contributed by atoms with van der Waals surface area (Å²) in [5.74, 6) is -2.39. The van der Waals surface area contributed by atoms with Crippen molar-refractivity contribution in [2.45, 2.75) is 10.7 Å². The molecule has 2 aromatic carbocycles. The topological polar surface area (TPSA) is 99.2 Å². The Morgan fingerprint density at radius 1 is 0.935 bits per heavy atom. The molecule has 0 aliphatic carbocycles. The molecule has 0 saturated carbocycles. The van der Waals surface area contributed by atoms with Crippen molar-refractivity contribution in [1.29, 1.82) is 0 Å². The first-order valence-electron chi connectivity index (χ1n) is 8.94. The minimum Gasteiger partial charge on any atom is -0.496 e. The van der Waals surface area contributed by atoms with Gasteiger partial charge in [-0.3, -0.25) is 9.59 Å². The van der Waals surface area contributed by atoms with Gasteiger partial charge in [-0.05, 0) is 29.3 Å². The van der Waals surface area contributed by atoms with E-state index >= 15 is 0 Å². The second kappa shape index (κ2) is 9.61. The van der Waals surface area contributed by atoms with Gasteiger partial charge >= 0.3 is 11.9 Å². The number of amides is 2. The monoisotopic (exact) mass is 553 g/mol. The summed E-state index contributed by atoms with van der Waals surface area (Å²) in [5, 5.41) is 0.449. The Hall–Kier alpha value is -2.72. The summed E-state index contributed by atoms with van der Waals surface area (Å²) in [6.45, 7) is -0.580. The maximum Gasteiger partial charge on any atom is 0.344 e. The third kappa shape index (κ3) is 4.09. The van der Waals surface area contributed by atoms with Gasteiger partial charge in [0.1, 0.15) is 11.3 Å². The Bertz CT molecular complexity index is 1050. The number of imide groups is 1. The number of fused-ring (bicyclic) bond motifs is 1. The summed E-state index contributed by atoms with van der Waals surface area (Å²) in [5.41, 5.74) is 1.57. The van der Waals surface area contributed by atoms with Crippen LogP contribution in [0, 0.1) is 0 Å². The lowest BCUT2D eigenvalue weighted by Crippen LogP contribution is -2.33. The fourth-order valence-electron chi connectivity index (χ4n) is 3.30. The average molecular weight is 555 g/mol. The van der Waals surface area contributed by atoms with Gasteiger partial charge < -0.3 is 14.2 Å². The molecule has 162 valence electrons. The van der Waals surface area contributed by atoms with Crippen LogP contribution in [0.25, 0.3) is 0 Å².